The van der Waals surface area contributed by atoms with Crippen molar-refractivity contribution in [3.63, 3.8) is 0 Å². The monoisotopic (exact) mass is 337 g/mol. The van der Waals surface area contributed by atoms with Gasteiger partial charge in [-0.05, 0) is 38.0 Å². The molecule has 0 radical (unpaired) electrons. The molecule has 2 rings (SSSR count). The third-order valence-electron chi connectivity index (χ3n) is 3.12. The second-order valence-corrected chi connectivity index (χ2v) is 5.48. The number of nitrogens with one attached hydrogen (secondary N) is 1. The number of nitrogen functional groups attached to an aromatic ring is 1. The van der Waals surface area contributed by atoms with E-state index in [1.807, 2.05) is 19.9 Å². The number of hydrogen-bond donors (Lipinski definition) is 2. The summed E-state index contributed by atoms with van der Waals surface area (Å²) < 4.78 is 9.58. The van der Waals surface area contributed by atoms with Crippen LogP contribution in [0.25, 0.3) is 0 Å². The minimum absolute atomic E-state index is 0.0161. The number of aryl methyl sites for hydroxylation is 3. The molecule has 1 amide bonds. The summed E-state index contributed by atoms with van der Waals surface area (Å²) in [5, 5.41) is 6.58. The Kier molecular flexibility index (Phi) is 4.90. The molecule has 0 atom stereocenters. The molecule has 0 spiro atoms. The molecule has 0 saturated heterocycles. The van der Waals surface area contributed by atoms with Gasteiger partial charge in [0, 0.05) is 0 Å². The van der Waals surface area contributed by atoms with Gasteiger partial charge in [0.25, 0.3) is 5.91 Å². The van der Waals surface area contributed by atoms with Crippen LogP contribution >= 0.6 is 11.6 Å². The summed E-state index contributed by atoms with van der Waals surface area (Å²) in [5.41, 5.74) is 8.07. The van der Waals surface area contributed by atoms with Crippen molar-refractivity contribution in [2.45, 2.75) is 20.8 Å². The van der Waals surface area contributed by atoms with Crippen molar-refractivity contribution in [1.82, 2.24) is 5.16 Å². The van der Waals surface area contributed by atoms with Gasteiger partial charge in [-0.25, -0.2) is 4.79 Å². The van der Waals surface area contributed by atoms with E-state index in [1.165, 1.54) is 0 Å². The molecule has 7 nitrogen and oxygen atoms in total. The van der Waals surface area contributed by atoms with Gasteiger partial charge in [-0.15, -0.1) is 0 Å². The third-order valence-corrected chi connectivity index (χ3v) is 3.42. The average Bonchev–Trinajstić information content (AvgIpc) is 2.79. The molecule has 1 aromatic heterocycles. The van der Waals surface area contributed by atoms with E-state index >= 15 is 0 Å². The third kappa shape index (κ3) is 3.81. The number of esters is 1. The van der Waals surface area contributed by atoms with Crippen LogP contribution in [0.3, 0.4) is 0 Å². The number of benzene rings is 1. The van der Waals surface area contributed by atoms with Crippen LogP contribution in [0.2, 0.25) is 5.02 Å². The summed E-state index contributed by atoms with van der Waals surface area (Å²) >= 11 is 6.10. The fraction of sp³-hybridized carbons (Fsp3) is 0.267. The van der Waals surface area contributed by atoms with E-state index in [2.05, 4.69) is 15.0 Å². The molecule has 0 fully saturated rings. The quantitative estimate of drug-likeness (QED) is 0.830. The number of nitrogens with two attached hydrogens (primary N) is 1. The topological polar surface area (TPSA) is 107 Å². The Balaban J connectivity index is 2.00. The largest absolute Gasteiger partial charge is 0.452 e. The molecule has 0 saturated carbocycles. The molecular weight excluding hydrogens is 322 g/mol. The van der Waals surface area contributed by atoms with Gasteiger partial charge in [-0.2, -0.15) is 0 Å². The maximum atomic E-state index is 11.9. The molecular formula is C15H16ClN3O4. The van der Waals surface area contributed by atoms with Crippen molar-refractivity contribution in [1.29, 1.82) is 0 Å². The van der Waals surface area contributed by atoms with E-state index in [9.17, 15) is 9.59 Å². The number of hydrogen-bond acceptors (Lipinski definition) is 6. The molecule has 1 aromatic carbocycles. The van der Waals surface area contributed by atoms with Crippen LogP contribution in [0.4, 0.5) is 11.6 Å². The van der Waals surface area contributed by atoms with Crippen LogP contribution < -0.4 is 11.1 Å². The van der Waals surface area contributed by atoms with Gasteiger partial charge in [0.2, 0.25) is 5.88 Å². The lowest BCUT2D eigenvalue weighted by Gasteiger charge is -2.11. The van der Waals surface area contributed by atoms with Crippen LogP contribution in [0, 0.1) is 20.8 Å². The van der Waals surface area contributed by atoms with Crippen LogP contribution in [-0.2, 0) is 9.53 Å². The number of ether oxygens (including phenoxy) is 1. The number of nitrogens with zero attached hydrogens (tertiary/aromatic N) is 1. The summed E-state index contributed by atoms with van der Waals surface area (Å²) in [5.74, 6) is -1.44. The molecule has 3 N–H and O–H groups in total. The lowest BCUT2D eigenvalue weighted by atomic mass is 10.1. The average molecular weight is 338 g/mol. The molecule has 0 aliphatic carbocycles. The van der Waals surface area contributed by atoms with E-state index in [0.29, 0.717) is 16.4 Å². The fourth-order valence-electron chi connectivity index (χ4n) is 2.09. The second kappa shape index (κ2) is 6.70. The van der Waals surface area contributed by atoms with Gasteiger partial charge in [-0.3, -0.25) is 4.79 Å². The Labute approximate surface area is 137 Å². The minimum atomic E-state index is -0.775. The van der Waals surface area contributed by atoms with Gasteiger partial charge >= 0.3 is 5.97 Å². The Morgan fingerprint density at radius 1 is 1.35 bits per heavy atom. The van der Waals surface area contributed by atoms with Crippen molar-refractivity contribution in [2.75, 3.05) is 17.7 Å². The van der Waals surface area contributed by atoms with Crippen molar-refractivity contribution >= 4 is 35.0 Å². The van der Waals surface area contributed by atoms with Crippen LogP contribution in [0.1, 0.15) is 27.2 Å². The smallest absolute Gasteiger partial charge is 0.346 e. The van der Waals surface area contributed by atoms with E-state index in [1.54, 1.807) is 13.0 Å². The molecule has 8 heteroatoms. The van der Waals surface area contributed by atoms with Gasteiger partial charge in [0.1, 0.15) is 5.56 Å². The maximum absolute atomic E-state index is 11.9. The molecule has 0 unspecified atom stereocenters. The van der Waals surface area contributed by atoms with Crippen molar-refractivity contribution < 1.29 is 18.8 Å². The van der Waals surface area contributed by atoms with E-state index in [4.69, 9.17) is 22.1 Å². The van der Waals surface area contributed by atoms with E-state index in [0.717, 1.165) is 11.1 Å². The van der Waals surface area contributed by atoms with Crippen LogP contribution in [-0.4, -0.2) is 23.6 Å². The summed E-state index contributed by atoms with van der Waals surface area (Å²) in [7, 11) is 0. The Bertz CT molecular complexity index is 728. The Hall–Kier alpha value is -2.54. The summed E-state index contributed by atoms with van der Waals surface area (Å²) in [4.78, 5) is 23.8. The molecule has 23 heavy (non-hydrogen) atoms. The van der Waals surface area contributed by atoms with Gasteiger partial charge in [0.05, 0.1) is 16.4 Å². The number of halogens is 1. The Morgan fingerprint density at radius 3 is 2.61 bits per heavy atom. The number of aromatic nitrogens is 1. The van der Waals surface area contributed by atoms with Gasteiger partial charge < -0.3 is 20.3 Å². The highest BCUT2D eigenvalue weighted by Crippen LogP contribution is 2.27. The first-order valence-electron chi connectivity index (χ1n) is 6.75. The van der Waals surface area contributed by atoms with Crippen molar-refractivity contribution in [3.05, 3.63) is 39.5 Å². The first-order chi connectivity index (χ1) is 10.8. The lowest BCUT2D eigenvalue weighted by Crippen LogP contribution is -2.22. The molecule has 1 heterocycles. The fourth-order valence-corrected chi connectivity index (χ4v) is 2.46. The van der Waals surface area contributed by atoms with Crippen LogP contribution in [0.15, 0.2) is 16.7 Å². The number of amides is 1. The first-order valence-corrected chi connectivity index (χ1v) is 7.13. The van der Waals surface area contributed by atoms with Gasteiger partial charge in [-0.1, -0.05) is 22.8 Å². The summed E-state index contributed by atoms with van der Waals surface area (Å²) in [6.45, 7) is 4.79. The standard InChI is InChI=1S/C15H16ClN3O4/c1-7-4-8(2)13(10(16)5-7)18-11(20)6-22-15(21)12-9(3)19-23-14(12)17/h4-5H,6,17H2,1-3H3,(H,18,20). The normalized spacial score (nSPS) is 10.4. The Morgan fingerprint density at radius 2 is 2.04 bits per heavy atom. The molecule has 0 aliphatic rings. The minimum Gasteiger partial charge on any atom is -0.452 e. The SMILES string of the molecule is Cc1cc(C)c(NC(=O)COC(=O)c2c(C)noc2N)c(Cl)c1. The zero-order valence-corrected chi connectivity index (χ0v) is 13.7. The van der Waals surface area contributed by atoms with Gasteiger partial charge in [0.15, 0.2) is 6.61 Å². The number of carbonyl (C=O) groups is 2. The lowest BCUT2D eigenvalue weighted by molar-refractivity contribution is -0.119. The molecule has 0 aliphatic heterocycles. The zero-order chi connectivity index (χ0) is 17.1. The molecule has 122 valence electrons. The van der Waals surface area contributed by atoms with E-state index < -0.39 is 18.5 Å². The number of rotatable bonds is 4. The second-order valence-electron chi connectivity index (χ2n) is 5.07. The van der Waals surface area contributed by atoms with Crippen LogP contribution in [0.5, 0.6) is 0 Å². The molecule has 2 aromatic rings. The maximum Gasteiger partial charge on any atom is 0.346 e. The summed E-state index contributed by atoms with van der Waals surface area (Å²) in [6, 6.07) is 3.62. The number of carbonyl (C=O) groups excluding carboxylic acids is 2. The summed E-state index contributed by atoms with van der Waals surface area (Å²) in [6.07, 6.45) is 0. The number of anilines is 2. The first kappa shape index (κ1) is 16.8. The zero-order valence-electron chi connectivity index (χ0n) is 12.9. The van der Waals surface area contributed by atoms with Crippen molar-refractivity contribution in [3.8, 4) is 0 Å². The van der Waals surface area contributed by atoms with Crippen molar-refractivity contribution in [2.24, 2.45) is 0 Å². The highest BCUT2D eigenvalue weighted by molar-refractivity contribution is 6.34. The predicted molar refractivity (Wildman–Crippen MR) is 85.5 cm³/mol. The van der Waals surface area contributed by atoms with E-state index in [-0.39, 0.29) is 11.4 Å². The highest BCUT2D eigenvalue weighted by atomic mass is 35.5. The highest BCUT2D eigenvalue weighted by Gasteiger charge is 2.21. The predicted octanol–water partition coefficient (Wildman–Crippen LogP) is 2.63. The molecule has 0 bridgehead atoms.